The molecule has 2 aliphatic carbocycles. The van der Waals surface area contributed by atoms with Crippen molar-refractivity contribution in [3.63, 3.8) is 0 Å². The molecule has 0 amide bonds. The lowest BCUT2D eigenvalue weighted by molar-refractivity contribution is 0.457. The van der Waals surface area contributed by atoms with Crippen molar-refractivity contribution >= 4 is 17.1 Å². The summed E-state index contributed by atoms with van der Waals surface area (Å²) in [5.74, 6) is 0.690. The molecule has 234 valence electrons. The molecule has 0 aromatic heterocycles. The van der Waals surface area contributed by atoms with Crippen LogP contribution in [0.15, 0.2) is 95.2 Å². The normalized spacial score (nSPS) is 18.1. The maximum atomic E-state index is 13.5. The van der Waals surface area contributed by atoms with E-state index in [1.54, 1.807) is 12.1 Å². The average molecular weight is 602 g/mol. The summed E-state index contributed by atoms with van der Waals surface area (Å²) in [4.78, 5) is 1.16. The Morgan fingerprint density at radius 2 is 1.86 bits per heavy atom. The molecule has 0 bridgehead atoms. The molecule has 0 N–H and O–H groups in total. The molecular formula is C40H56FNS. The molecule has 43 heavy (non-hydrogen) atoms. The first-order chi connectivity index (χ1) is 20.6. The Balaban J connectivity index is 0.000000558. The molecule has 0 heterocycles. The Kier molecular flexibility index (Phi) is 18.6. The van der Waals surface area contributed by atoms with Crippen molar-refractivity contribution in [1.82, 2.24) is 0 Å². The van der Waals surface area contributed by atoms with Gasteiger partial charge in [-0.2, -0.15) is 5.26 Å². The molecule has 3 heteroatoms. The molecule has 3 rings (SSSR count). The van der Waals surface area contributed by atoms with Crippen LogP contribution in [0, 0.1) is 28.5 Å². The van der Waals surface area contributed by atoms with Crippen LogP contribution in [-0.2, 0) is 6.42 Å². The molecule has 0 spiro atoms. The highest BCUT2D eigenvalue weighted by Gasteiger charge is 2.31. The van der Waals surface area contributed by atoms with Gasteiger partial charge >= 0.3 is 0 Å². The molecule has 0 fully saturated rings. The summed E-state index contributed by atoms with van der Waals surface area (Å²) in [6, 6.07) is 9.23. The summed E-state index contributed by atoms with van der Waals surface area (Å²) in [6.45, 7) is 19.2. The zero-order chi connectivity index (χ0) is 32.3. The molecule has 2 atom stereocenters. The minimum Gasteiger partial charge on any atom is -0.207 e. The number of rotatable bonds is 13. The van der Waals surface area contributed by atoms with E-state index in [2.05, 4.69) is 52.5 Å². The van der Waals surface area contributed by atoms with Crippen molar-refractivity contribution < 1.29 is 4.39 Å². The van der Waals surface area contributed by atoms with E-state index in [9.17, 15) is 9.65 Å². The Hall–Kier alpha value is -2.83. The second-order valence-electron chi connectivity index (χ2n) is 12.0. The van der Waals surface area contributed by atoms with Crippen molar-refractivity contribution in [2.24, 2.45) is 11.3 Å². The lowest BCUT2D eigenvalue weighted by Gasteiger charge is -2.36. The van der Waals surface area contributed by atoms with Crippen LogP contribution in [0.4, 0.5) is 4.39 Å². The lowest BCUT2D eigenvalue weighted by Crippen LogP contribution is -2.23. The summed E-state index contributed by atoms with van der Waals surface area (Å²) < 4.78 is 13.5. The molecule has 2 unspecified atom stereocenters. The first-order valence-electron chi connectivity index (χ1n) is 16.4. The molecule has 1 nitrogen and oxygen atoms in total. The Bertz CT molecular complexity index is 1240. The van der Waals surface area contributed by atoms with Gasteiger partial charge < -0.3 is 0 Å². The fourth-order valence-corrected chi connectivity index (χ4v) is 5.47. The maximum absolute atomic E-state index is 13.5. The van der Waals surface area contributed by atoms with Gasteiger partial charge in [0.2, 0.25) is 0 Å². The number of benzene rings is 1. The van der Waals surface area contributed by atoms with Gasteiger partial charge in [0.25, 0.3) is 0 Å². The zero-order valence-electron chi connectivity index (χ0n) is 28.1. The van der Waals surface area contributed by atoms with Crippen LogP contribution in [-0.4, -0.2) is 4.86 Å². The van der Waals surface area contributed by atoms with Gasteiger partial charge in [-0.1, -0.05) is 139 Å². The number of halogens is 1. The molecule has 1 aromatic carbocycles. The number of hydrogen-bond acceptors (Lipinski definition) is 2. The number of thiocarbonyl (C=S) groups is 1. The van der Waals surface area contributed by atoms with Crippen LogP contribution >= 0.6 is 12.2 Å². The highest BCUT2D eigenvalue weighted by atomic mass is 32.1. The summed E-state index contributed by atoms with van der Waals surface area (Å²) >= 11 is 5.05. The molecular weight excluding hydrogens is 546 g/mol. The average Bonchev–Trinajstić information content (AvgIpc) is 3.24. The van der Waals surface area contributed by atoms with Gasteiger partial charge in [0.05, 0.1) is 6.07 Å². The van der Waals surface area contributed by atoms with E-state index in [4.69, 9.17) is 12.2 Å². The van der Waals surface area contributed by atoms with Crippen LogP contribution in [0.5, 0.6) is 0 Å². The van der Waals surface area contributed by atoms with Crippen LogP contribution < -0.4 is 0 Å². The topological polar surface area (TPSA) is 23.8 Å². The quantitative estimate of drug-likeness (QED) is 0.128. The smallest absolute Gasteiger partial charge is 0.123 e. The van der Waals surface area contributed by atoms with Crippen LogP contribution in [0.1, 0.15) is 118 Å². The number of unbranched alkanes of at least 4 members (excludes halogenated alkanes) is 2. The monoisotopic (exact) mass is 601 g/mol. The Labute approximate surface area is 269 Å². The van der Waals surface area contributed by atoms with Crippen LogP contribution in [0.2, 0.25) is 0 Å². The third kappa shape index (κ3) is 13.6. The van der Waals surface area contributed by atoms with E-state index >= 15 is 0 Å². The third-order valence-corrected chi connectivity index (χ3v) is 8.61. The van der Waals surface area contributed by atoms with E-state index < -0.39 is 0 Å². The minimum absolute atomic E-state index is 0.0779. The predicted molar refractivity (Wildman–Crippen MR) is 191 cm³/mol. The highest BCUT2D eigenvalue weighted by molar-refractivity contribution is 7.80. The van der Waals surface area contributed by atoms with Gasteiger partial charge in [0.1, 0.15) is 5.82 Å². The van der Waals surface area contributed by atoms with Crippen molar-refractivity contribution in [3.05, 3.63) is 107 Å². The minimum atomic E-state index is -0.180. The SMILES string of the molecule is C=C(C)C1(C)CC=C(C2=C(C#N)CC=CC=C2)C=C1CCCc1cccc(F)c1.CC.CCCCCC(C)CCC(C)=S. The fourth-order valence-electron chi connectivity index (χ4n) is 5.35. The summed E-state index contributed by atoms with van der Waals surface area (Å²) in [7, 11) is 0. The van der Waals surface area contributed by atoms with E-state index in [1.165, 1.54) is 43.7 Å². The number of allylic oxidation sites excluding steroid dienone is 11. The van der Waals surface area contributed by atoms with Gasteiger partial charge in [-0.3, -0.25) is 0 Å². The van der Waals surface area contributed by atoms with Gasteiger partial charge in [0.15, 0.2) is 0 Å². The molecule has 0 radical (unpaired) electrons. The predicted octanol–water partition coefficient (Wildman–Crippen LogP) is 12.7. The van der Waals surface area contributed by atoms with Crippen molar-refractivity contribution in [3.8, 4) is 6.07 Å². The van der Waals surface area contributed by atoms with Crippen molar-refractivity contribution in [1.29, 1.82) is 5.26 Å². The molecule has 0 saturated heterocycles. The first-order valence-corrected chi connectivity index (χ1v) is 16.8. The first kappa shape index (κ1) is 38.2. The number of hydrogen-bond donors (Lipinski definition) is 0. The van der Waals surface area contributed by atoms with E-state index in [-0.39, 0.29) is 11.2 Å². The Morgan fingerprint density at radius 3 is 2.49 bits per heavy atom. The largest absolute Gasteiger partial charge is 0.207 e. The van der Waals surface area contributed by atoms with E-state index in [1.807, 2.05) is 51.1 Å². The second-order valence-corrected chi connectivity index (χ2v) is 12.7. The summed E-state index contributed by atoms with van der Waals surface area (Å²) in [5, 5.41) is 9.60. The van der Waals surface area contributed by atoms with Gasteiger partial charge in [-0.15, -0.1) is 0 Å². The van der Waals surface area contributed by atoms with Gasteiger partial charge in [0, 0.05) is 17.4 Å². The molecule has 0 saturated carbocycles. The van der Waals surface area contributed by atoms with Crippen LogP contribution in [0.25, 0.3) is 0 Å². The molecule has 2 aliphatic rings. The Morgan fingerprint density at radius 1 is 1.12 bits per heavy atom. The van der Waals surface area contributed by atoms with Crippen molar-refractivity contribution in [2.75, 3.05) is 0 Å². The standard InChI is InChI=1S/C27H28FN.C11H22S.C2H6/c1-20(2)27(3)16-15-22(26-14-6-4-5-11-23(26)19-29)18-24(27)12-7-9-21-10-8-13-25(28)17-21;1-4-5-6-7-10(2)8-9-11(3)12;1-2/h4-6,8,10,13-15,17-18H,1,7,9,11-12,16H2,2-3H3;10H,4-9H2,1-3H3;1-2H3. The number of nitriles is 1. The maximum Gasteiger partial charge on any atom is 0.123 e. The number of nitrogens with zero attached hydrogens (tertiary/aromatic N) is 1. The van der Waals surface area contributed by atoms with E-state index in [0.717, 1.165) is 70.7 Å². The number of aryl methyl sites for hydroxylation is 1. The van der Waals surface area contributed by atoms with Crippen LogP contribution in [0.3, 0.4) is 0 Å². The van der Waals surface area contributed by atoms with E-state index in [0.29, 0.717) is 6.42 Å². The zero-order valence-corrected chi connectivity index (χ0v) is 28.9. The summed E-state index contributed by atoms with van der Waals surface area (Å²) in [6.07, 6.45) is 24.8. The van der Waals surface area contributed by atoms with Gasteiger partial charge in [-0.05, 0) is 92.0 Å². The summed E-state index contributed by atoms with van der Waals surface area (Å²) in [5.41, 5.74) is 6.39. The molecule has 1 aromatic rings. The van der Waals surface area contributed by atoms with Crippen molar-refractivity contribution in [2.45, 2.75) is 119 Å². The molecule has 0 aliphatic heterocycles. The van der Waals surface area contributed by atoms with Gasteiger partial charge in [-0.25, -0.2) is 4.39 Å². The lowest BCUT2D eigenvalue weighted by atomic mass is 9.68. The second kappa shape index (κ2) is 21.0. The third-order valence-electron chi connectivity index (χ3n) is 8.40. The highest BCUT2D eigenvalue weighted by Crippen LogP contribution is 2.45. The fraction of sp³-hybridized carbons (Fsp3) is 0.500.